The predicted octanol–water partition coefficient (Wildman–Crippen LogP) is 0.392. The van der Waals surface area contributed by atoms with Crippen LogP contribution in [0.2, 0.25) is 0 Å². The van der Waals surface area contributed by atoms with Gasteiger partial charge in [-0.1, -0.05) is 6.07 Å². The van der Waals surface area contributed by atoms with E-state index >= 15 is 0 Å². The molecule has 1 aromatic carbocycles. The summed E-state index contributed by atoms with van der Waals surface area (Å²) < 4.78 is 10.8. The number of nitrogens with one attached hydrogen (secondary N) is 3. The van der Waals surface area contributed by atoms with Crippen LogP contribution < -0.4 is 25.6 Å². The van der Waals surface area contributed by atoms with E-state index in [0.717, 1.165) is 50.5 Å². The van der Waals surface area contributed by atoms with Gasteiger partial charge in [-0.2, -0.15) is 0 Å². The number of hydrazine groups is 1. The quantitative estimate of drug-likeness (QED) is 0.724. The summed E-state index contributed by atoms with van der Waals surface area (Å²) in [5.41, 5.74) is 7.72. The average Bonchev–Trinajstić information content (AvgIpc) is 3.34. The lowest BCUT2D eigenvalue weighted by atomic mass is 9.94. The summed E-state index contributed by atoms with van der Waals surface area (Å²) in [5, 5.41) is 3.33. The van der Waals surface area contributed by atoms with Crippen molar-refractivity contribution >= 4 is 5.91 Å². The maximum Gasteiger partial charge on any atom is 0.236 e. The van der Waals surface area contributed by atoms with Crippen molar-refractivity contribution in [1.82, 2.24) is 21.1 Å². The lowest BCUT2D eigenvalue weighted by Crippen LogP contribution is -2.38. The number of hydrogen-bond acceptors (Lipinski definition) is 6. The van der Waals surface area contributed by atoms with Crippen LogP contribution in [0.5, 0.6) is 11.5 Å². The van der Waals surface area contributed by atoms with E-state index in [4.69, 9.17) is 9.47 Å². The Kier molecular flexibility index (Phi) is 4.55. The molecule has 2 atom stereocenters. The van der Waals surface area contributed by atoms with Crippen molar-refractivity contribution in [3.63, 3.8) is 0 Å². The molecule has 2 fully saturated rings. The zero-order valence-corrected chi connectivity index (χ0v) is 13.7. The van der Waals surface area contributed by atoms with Crippen LogP contribution in [0.25, 0.3) is 0 Å². The summed E-state index contributed by atoms with van der Waals surface area (Å²) in [5.74, 6) is 2.19. The van der Waals surface area contributed by atoms with Gasteiger partial charge in [0.2, 0.25) is 12.7 Å². The molecule has 2 unspecified atom stereocenters. The van der Waals surface area contributed by atoms with Crippen LogP contribution >= 0.6 is 0 Å². The van der Waals surface area contributed by atoms with Crippen LogP contribution in [-0.2, 0) is 4.79 Å². The van der Waals surface area contributed by atoms with Crippen molar-refractivity contribution < 1.29 is 14.3 Å². The second kappa shape index (κ2) is 6.96. The SMILES string of the molecule is O=C(CNCC1CNNC1c1ccc2c(c1)OCO2)N1CCCC1. The molecular weight excluding hydrogens is 308 g/mol. The number of rotatable bonds is 5. The first kappa shape index (κ1) is 15.7. The number of ether oxygens (including phenoxy) is 2. The molecule has 3 N–H and O–H groups in total. The van der Waals surface area contributed by atoms with Crippen LogP contribution in [0.4, 0.5) is 0 Å². The summed E-state index contributed by atoms with van der Waals surface area (Å²) in [6.45, 7) is 4.19. The third kappa shape index (κ3) is 3.19. The Morgan fingerprint density at radius 3 is 2.96 bits per heavy atom. The number of hydrogen-bond donors (Lipinski definition) is 3. The van der Waals surface area contributed by atoms with Crippen LogP contribution in [0.1, 0.15) is 24.4 Å². The number of fused-ring (bicyclic) bond motifs is 1. The molecule has 3 aliphatic rings. The standard InChI is InChI=1S/C17H24N4O3/c22-16(21-5-1-2-6-21)10-18-8-13-9-19-20-17(13)12-3-4-14-15(7-12)24-11-23-14/h3-4,7,13,17-20H,1-2,5-6,8-11H2. The molecule has 3 heterocycles. The molecule has 1 amide bonds. The Hall–Kier alpha value is -1.83. The van der Waals surface area contributed by atoms with Gasteiger partial charge in [-0.05, 0) is 30.5 Å². The van der Waals surface area contributed by atoms with E-state index in [1.807, 2.05) is 17.0 Å². The molecule has 1 aromatic rings. The fourth-order valence-corrected chi connectivity index (χ4v) is 3.63. The van der Waals surface area contributed by atoms with Crippen LogP contribution in [0.3, 0.4) is 0 Å². The van der Waals surface area contributed by atoms with Gasteiger partial charge in [-0.3, -0.25) is 10.2 Å². The Labute approximate surface area is 141 Å². The second-order valence-electron chi connectivity index (χ2n) is 6.59. The third-order valence-electron chi connectivity index (χ3n) is 4.99. The molecule has 2 saturated heterocycles. The summed E-state index contributed by atoms with van der Waals surface area (Å²) in [6.07, 6.45) is 2.27. The van der Waals surface area contributed by atoms with E-state index in [1.165, 1.54) is 5.56 Å². The van der Waals surface area contributed by atoms with E-state index in [-0.39, 0.29) is 11.9 Å². The fraction of sp³-hybridized carbons (Fsp3) is 0.588. The Morgan fingerprint density at radius 2 is 2.08 bits per heavy atom. The predicted molar refractivity (Wildman–Crippen MR) is 88.6 cm³/mol. The van der Waals surface area contributed by atoms with E-state index in [9.17, 15) is 4.79 Å². The number of carbonyl (C=O) groups excluding carboxylic acids is 1. The van der Waals surface area contributed by atoms with Gasteiger partial charge in [0, 0.05) is 32.1 Å². The Balaban J connectivity index is 1.32. The monoisotopic (exact) mass is 332 g/mol. The van der Waals surface area contributed by atoms with E-state index < -0.39 is 0 Å². The number of benzene rings is 1. The summed E-state index contributed by atoms with van der Waals surface area (Å²) in [4.78, 5) is 14.1. The van der Waals surface area contributed by atoms with E-state index in [2.05, 4.69) is 22.2 Å². The topological polar surface area (TPSA) is 74.9 Å². The Bertz CT molecular complexity index is 603. The highest BCUT2D eigenvalue weighted by molar-refractivity contribution is 5.78. The van der Waals surface area contributed by atoms with Crippen molar-refractivity contribution in [2.24, 2.45) is 5.92 Å². The van der Waals surface area contributed by atoms with Crippen LogP contribution in [0, 0.1) is 5.92 Å². The Morgan fingerprint density at radius 1 is 1.25 bits per heavy atom. The van der Waals surface area contributed by atoms with Crippen LogP contribution in [0.15, 0.2) is 18.2 Å². The maximum absolute atomic E-state index is 12.1. The zero-order chi connectivity index (χ0) is 16.4. The molecule has 0 bridgehead atoms. The highest BCUT2D eigenvalue weighted by atomic mass is 16.7. The molecule has 3 aliphatic heterocycles. The van der Waals surface area contributed by atoms with Crippen molar-refractivity contribution in [3.8, 4) is 11.5 Å². The second-order valence-corrected chi connectivity index (χ2v) is 6.59. The molecule has 7 nitrogen and oxygen atoms in total. The minimum atomic E-state index is 0.189. The molecular formula is C17H24N4O3. The molecule has 0 radical (unpaired) electrons. The van der Waals surface area contributed by atoms with Gasteiger partial charge in [0.05, 0.1) is 12.6 Å². The summed E-state index contributed by atoms with van der Waals surface area (Å²) in [7, 11) is 0. The zero-order valence-electron chi connectivity index (χ0n) is 13.7. The molecule has 0 spiro atoms. The lowest BCUT2D eigenvalue weighted by Gasteiger charge is -2.21. The summed E-state index contributed by atoms with van der Waals surface area (Å²) in [6, 6.07) is 6.25. The highest BCUT2D eigenvalue weighted by Crippen LogP contribution is 2.36. The minimum Gasteiger partial charge on any atom is -0.454 e. The molecule has 7 heteroatoms. The highest BCUT2D eigenvalue weighted by Gasteiger charge is 2.29. The van der Waals surface area contributed by atoms with Crippen molar-refractivity contribution in [3.05, 3.63) is 23.8 Å². The van der Waals surface area contributed by atoms with Crippen molar-refractivity contribution in [2.45, 2.75) is 18.9 Å². The van der Waals surface area contributed by atoms with Gasteiger partial charge >= 0.3 is 0 Å². The number of likely N-dealkylation sites (tertiary alicyclic amines) is 1. The number of carbonyl (C=O) groups is 1. The first-order valence-electron chi connectivity index (χ1n) is 8.68. The third-order valence-corrected chi connectivity index (χ3v) is 4.99. The van der Waals surface area contributed by atoms with Gasteiger partial charge in [-0.25, -0.2) is 5.43 Å². The van der Waals surface area contributed by atoms with Crippen LogP contribution in [-0.4, -0.2) is 50.3 Å². The lowest BCUT2D eigenvalue weighted by molar-refractivity contribution is -0.129. The average molecular weight is 332 g/mol. The van der Waals surface area contributed by atoms with Gasteiger partial charge in [-0.15, -0.1) is 0 Å². The van der Waals surface area contributed by atoms with E-state index in [0.29, 0.717) is 19.3 Å². The molecule has 0 aliphatic carbocycles. The minimum absolute atomic E-state index is 0.189. The first-order valence-corrected chi connectivity index (χ1v) is 8.68. The van der Waals surface area contributed by atoms with Gasteiger partial charge < -0.3 is 19.7 Å². The molecule has 130 valence electrons. The smallest absolute Gasteiger partial charge is 0.236 e. The summed E-state index contributed by atoms with van der Waals surface area (Å²) >= 11 is 0. The van der Waals surface area contributed by atoms with E-state index in [1.54, 1.807) is 0 Å². The largest absolute Gasteiger partial charge is 0.454 e. The molecule has 4 rings (SSSR count). The van der Waals surface area contributed by atoms with Gasteiger partial charge in [0.15, 0.2) is 11.5 Å². The van der Waals surface area contributed by atoms with Gasteiger partial charge in [0.1, 0.15) is 0 Å². The molecule has 0 saturated carbocycles. The molecule has 24 heavy (non-hydrogen) atoms. The number of nitrogens with zero attached hydrogens (tertiary/aromatic N) is 1. The van der Waals surface area contributed by atoms with Crippen molar-refractivity contribution in [1.29, 1.82) is 0 Å². The first-order chi connectivity index (χ1) is 11.8. The van der Waals surface area contributed by atoms with Gasteiger partial charge in [0.25, 0.3) is 0 Å². The fourth-order valence-electron chi connectivity index (χ4n) is 3.63. The normalized spacial score (nSPS) is 25.4. The van der Waals surface area contributed by atoms with Crippen molar-refractivity contribution in [2.75, 3.05) is 39.5 Å². The maximum atomic E-state index is 12.1. The number of amides is 1. The molecule has 0 aromatic heterocycles.